The Morgan fingerprint density at radius 2 is 1.88 bits per heavy atom. The molecule has 2 aliphatic heterocycles. The monoisotopic (exact) mass is 352 g/mol. The van der Waals surface area contributed by atoms with Crippen LogP contribution in [-0.2, 0) is 11.2 Å². The Labute approximate surface area is 153 Å². The Hall–Kier alpha value is -2.53. The van der Waals surface area contributed by atoms with Crippen LogP contribution >= 0.6 is 0 Å². The SMILES string of the molecule is O=C(CN1CCC[C@@H]1Cc1ccccc1)Nc1ccc2c(c1)OCCO2. The van der Waals surface area contributed by atoms with Crippen LogP contribution in [-0.4, -0.2) is 43.2 Å². The van der Waals surface area contributed by atoms with Gasteiger partial charge in [-0.2, -0.15) is 0 Å². The number of carbonyl (C=O) groups is 1. The van der Waals surface area contributed by atoms with Crippen LogP contribution in [0.5, 0.6) is 11.5 Å². The van der Waals surface area contributed by atoms with Gasteiger partial charge in [-0.05, 0) is 43.5 Å². The highest BCUT2D eigenvalue weighted by Gasteiger charge is 2.26. The Bertz CT molecular complexity index is 763. The maximum atomic E-state index is 12.5. The van der Waals surface area contributed by atoms with Gasteiger partial charge in [0.25, 0.3) is 0 Å². The number of hydrogen-bond donors (Lipinski definition) is 1. The van der Waals surface area contributed by atoms with Crippen LogP contribution in [0.2, 0.25) is 0 Å². The second-order valence-electron chi connectivity index (χ2n) is 6.86. The molecule has 2 aromatic carbocycles. The summed E-state index contributed by atoms with van der Waals surface area (Å²) in [5, 5.41) is 2.99. The van der Waals surface area contributed by atoms with Crippen molar-refractivity contribution >= 4 is 11.6 Å². The predicted molar refractivity (Wildman–Crippen MR) is 101 cm³/mol. The fourth-order valence-electron chi connectivity index (χ4n) is 3.73. The summed E-state index contributed by atoms with van der Waals surface area (Å²) in [6, 6.07) is 16.5. The fourth-order valence-corrected chi connectivity index (χ4v) is 3.73. The van der Waals surface area contributed by atoms with E-state index in [1.807, 2.05) is 24.3 Å². The van der Waals surface area contributed by atoms with Crippen molar-refractivity contribution in [3.8, 4) is 11.5 Å². The van der Waals surface area contributed by atoms with Crippen LogP contribution < -0.4 is 14.8 Å². The number of carbonyl (C=O) groups excluding carboxylic acids is 1. The van der Waals surface area contributed by atoms with Crippen molar-refractivity contribution in [1.82, 2.24) is 4.90 Å². The molecule has 0 aliphatic carbocycles. The van der Waals surface area contributed by atoms with E-state index < -0.39 is 0 Å². The molecular formula is C21H24N2O3. The highest BCUT2D eigenvalue weighted by molar-refractivity contribution is 5.92. The van der Waals surface area contributed by atoms with E-state index in [9.17, 15) is 4.79 Å². The first-order valence-corrected chi connectivity index (χ1v) is 9.25. The second kappa shape index (κ2) is 7.79. The van der Waals surface area contributed by atoms with Crippen molar-refractivity contribution in [3.63, 3.8) is 0 Å². The number of amides is 1. The summed E-state index contributed by atoms with van der Waals surface area (Å²) in [4.78, 5) is 14.8. The van der Waals surface area contributed by atoms with E-state index >= 15 is 0 Å². The molecule has 0 unspecified atom stereocenters. The lowest BCUT2D eigenvalue weighted by molar-refractivity contribution is -0.117. The molecule has 2 aromatic rings. The Balaban J connectivity index is 1.35. The Morgan fingerprint density at radius 3 is 2.73 bits per heavy atom. The molecule has 1 atom stereocenters. The van der Waals surface area contributed by atoms with Gasteiger partial charge in [-0.1, -0.05) is 30.3 Å². The molecule has 0 bridgehead atoms. The molecule has 136 valence electrons. The van der Waals surface area contributed by atoms with Gasteiger partial charge < -0.3 is 14.8 Å². The number of benzene rings is 2. The van der Waals surface area contributed by atoms with Gasteiger partial charge in [0, 0.05) is 17.8 Å². The van der Waals surface area contributed by atoms with Gasteiger partial charge in [0.1, 0.15) is 13.2 Å². The number of fused-ring (bicyclic) bond motifs is 1. The number of rotatable bonds is 5. The van der Waals surface area contributed by atoms with E-state index in [2.05, 4.69) is 34.5 Å². The lowest BCUT2D eigenvalue weighted by Crippen LogP contribution is -2.37. The molecule has 0 radical (unpaired) electrons. The number of ether oxygens (including phenoxy) is 2. The van der Waals surface area contributed by atoms with E-state index in [0.29, 0.717) is 31.5 Å². The van der Waals surface area contributed by atoms with Crippen molar-refractivity contribution in [2.45, 2.75) is 25.3 Å². The summed E-state index contributed by atoms with van der Waals surface area (Å²) in [6.07, 6.45) is 3.29. The largest absolute Gasteiger partial charge is 0.486 e. The first-order valence-electron chi connectivity index (χ1n) is 9.25. The zero-order valence-corrected chi connectivity index (χ0v) is 14.8. The normalized spacial score (nSPS) is 19.3. The lowest BCUT2D eigenvalue weighted by Gasteiger charge is -2.24. The van der Waals surface area contributed by atoms with Gasteiger partial charge >= 0.3 is 0 Å². The second-order valence-corrected chi connectivity index (χ2v) is 6.86. The van der Waals surface area contributed by atoms with E-state index in [1.165, 1.54) is 5.56 Å². The Kier molecular flexibility index (Phi) is 5.07. The lowest BCUT2D eigenvalue weighted by atomic mass is 10.0. The van der Waals surface area contributed by atoms with Gasteiger partial charge in [0.15, 0.2) is 11.5 Å². The zero-order chi connectivity index (χ0) is 17.8. The summed E-state index contributed by atoms with van der Waals surface area (Å²) >= 11 is 0. The topological polar surface area (TPSA) is 50.8 Å². The van der Waals surface area contributed by atoms with E-state index in [-0.39, 0.29) is 5.91 Å². The molecule has 5 nitrogen and oxygen atoms in total. The maximum Gasteiger partial charge on any atom is 0.238 e. The highest BCUT2D eigenvalue weighted by atomic mass is 16.6. The molecule has 0 spiro atoms. The molecule has 4 rings (SSSR count). The molecule has 2 heterocycles. The first kappa shape index (κ1) is 16.9. The van der Waals surface area contributed by atoms with Gasteiger partial charge in [-0.15, -0.1) is 0 Å². The van der Waals surface area contributed by atoms with E-state index in [0.717, 1.165) is 37.2 Å². The van der Waals surface area contributed by atoms with Crippen molar-refractivity contribution in [1.29, 1.82) is 0 Å². The summed E-state index contributed by atoms with van der Waals surface area (Å²) in [5.41, 5.74) is 2.08. The third-order valence-electron chi connectivity index (χ3n) is 4.99. The van der Waals surface area contributed by atoms with Gasteiger partial charge in [-0.25, -0.2) is 0 Å². The predicted octanol–water partition coefficient (Wildman–Crippen LogP) is 3.10. The van der Waals surface area contributed by atoms with Crippen LogP contribution in [0.15, 0.2) is 48.5 Å². The van der Waals surface area contributed by atoms with E-state index in [4.69, 9.17) is 9.47 Å². The van der Waals surface area contributed by atoms with E-state index in [1.54, 1.807) is 0 Å². The van der Waals surface area contributed by atoms with Crippen LogP contribution in [0.4, 0.5) is 5.69 Å². The smallest absolute Gasteiger partial charge is 0.238 e. The summed E-state index contributed by atoms with van der Waals surface area (Å²) in [5.74, 6) is 1.44. The summed E-state index contributed by atoms with van der Waals surface area (Å²) < 4.78 is 11.1. The number of hydrogen-bond acceptors (Lipinski definition) is 4. The number of nitrogens with zero attached hydrogens (tertiary/aromatic N) is 1. The number of anilines is 1. The van der Waals surface area contributed by atoms with Crippen LogP contribution in [0.25, 0.3) is 0 Å². The maximum absolute atomic E-state index is 12.5. The molecule has 1 fully saturated rings. The first-order chi connectivity index (χ1) is 12.8. The fraction of sp³-hybridized carbons (Fsp3) is 0.381. The average Bonchev–Trinajstić information content (AvgIpc) is 3.09. The third-order valence-corrected chi connectivity index (χ3v) is 4.99. The van der Waals surface area contributed by atoms with Gasteiger partial charge in [0.2, 0.25) is 5.91 Å². The van der Waals surface area contributed by atoms with Crippen molar-refractivity contribution < 1.29 is 14.3 Å². The van der Waals surface area contributed by atoms with Crippen molar-refractivity contribution in [2.75, 3.05) is 31.6 Å². The minimum atomic E-state index is 0.0154. The molecule has 0 aromatic heterocycles. The minimum absolute atomic E-state index is 0.0154. The average molecular weight is 352 g/mol. The Morgan fingerprint density at radius 1 is 1.08 bits per heavy atom. The number of nitrogens with one attached hydrogen (secondary N) is 1. The van der Waals surface area contributed by atoms with Crippen LogP contribution in [0, 0.1) is 0 Å². The molecular weight excluding hydrogens is 328 g/mol. The van der Waals surface area contributed by atoms with Crippen molar-refractivity contribution in [3.05, 3.63) is 54.1 Å². The van der Waals surface area contributed by atoms with Crippen LogP contribution in [0.1, 0.15) is 18.4 Å². The molecule has 1 saturated heterocycles. The molecule has 2 aliphatic rings. The van der Waals surface area contributed by atoms with Crippen molar-refractivity contribution in [2.24, 2.45) is 0 Å². The standard InChI is InChI=1S/C21H24N2O3/c24-21(22-17-8-9-19-20(14-17)26-12-11-25-19)15-23-10-4-7-18(23)13-16-5-2-1-3-6-16/h1-3,5-6,8-9,14,18H,4,7,10-13,15H2,(H,22,24)/t18-/m1/s1. The molecule has 1 amide bonds. The molecule has 26 heavy (non-hydrogen) atoms. The molecule has 1 N–H and O–H groups in total. The summed E-state index contributed by atoms with van der Waals surface area (Å²) in [6.45, 7) is 2.51. The summed E-state index contributed by atoms with van der Waals surface area (Å²) in [7, 11) is 0. The quantitative estimate of drug-likeness (QED) is 0.898. The molecule has 5 heteroatoms. The highest BCUT2D eigenvalue weighted by Crippen LogP contribution is 2.32. The van der Waals surface area contributed by atoms with Crippen LogP contribution in [0.3, 0.4) is 0 Å². The minimum Gasteiger partial charge on any atom is -0.486 e. The number of likely N-dealkylation sites (tertiary alicyclic amines) is 1. The van der Waals surface area contributed by atoms with Gasteiger partial charge in [-0.3, -0.25) is 9.69 Å². The zero-order valence-electron chi connectivity index (χ0n) is 14.8. The van der Waals surface area contributed by atoms with Gasteiger partial charge in [0.05, 0.1) is 6.54 Å². The third kappa shape index (κ3) is 3.99. The molecule has 0 saturated carbocycles.